The number of hydrogen-bond acceptors (Lipinski definition) is 4. The predicted molar refractivity (Wildman–Crippen MR) is 109 cm³/mol. The lowest BCUT2D eigenvalue weighted by Crippen LogP contribution is -2.36. The van der Waals surface area contributed by atoms with Crippen molar-refractivity contribution in [3.05, 3.63) is 58.6 Å². The molecule has 0 atom stereocenters. The second-order valence-electron chi connectivity index (χ2n) is 7.37. The molecule has 1 aliphatic heterocycles. The van der Waals surface area contributed by atoms with E-state index in [0.717, 1.165) is 24.2 Å². The van der Waals surface area contributed by atoms with Crippen molar-refractivity contribution in [2.24, 2.45) is 5.41 Å². The lowest BCUT2D eigenvalue weighted by molar-refractivity contribution is -0.124. The number of rotatable bonds is 3. The average Bonchev–Trinajstić information content (AvgIpc) is 2.99. The fraction of sp³-hybridized carbons (Fsp3) is 0.273. The van der Waals surface area contributed by atoms with Crippen molar-refractivity contribution < 1.29 is 14.4 Å². The van der Waals surface area contributed by atoms with Crippen molar-refractivity contribution in [1.29, 1.82) is 5.26 Å². The maximum atomic E-state index is 12.7. The van der Waals surface area contributed by atoms with E-state index in [1.165, 1.54) is 12.1 Å². The number of halogens is 1. The average molecular weight is 408 g/mol. The molecule has 2 aliphatic rings. The molecule has 0 saturated heterocycles. The molecule has 4 rings (SSSR count). The Morgan fingerprint density at radius 1 is 1.03 bits per heavy atom. The van der Waals surface area contributed by atoms with Crippen LogP contribution >= 0.6 is 11.6 Å². The Morgan fingerprint density at radius 3 is 2.21 bits per heavy atom. The second-order valence-corrected chi connectivity index (χ2v) is 7.77. The predicted octanol–water partition coefficient (Wildman–Crippen LogP) is 4.55. The number of hydrogen-bond donors (Lipinski definition) is 1. The summed E-state index contributed by atoms with van der Waals surface area (Å²) in [6, 6.07) is 13.4. The number of carbonyl (C=O) groups is 3. The molecule has 29 heavy (non-hydrogen) atoms. The fourth-order valence-electron chi connectivity index (χ4n) is 3.97. The first-order chi connectivity index (χ1) is 14.0. The second kappa shape index (κ2) is 7.34. The molecule has 0 radical (unpaired) electrons. The van der Waals surface area contributed by atoms with E-state index in [4.69, 9.17) is 11.6 Å². The largest absolute Gasteiger partial charge is 0.325 e. The normalized spacial score (nSPS) is 17.6. The van der Waals surface area contributed by atoms with Crippen molar-refractivity contribution in [2.75, 3.05) is 10.2 Å². The lowest BCUT2D eigenvalue weighted by atomic mass is 9.74. The van der Waals surface area contributed by atoms with Crippen molar-refractivity contribution >= 4 is 40.7 Å². The van der Waals surface area contributed by atoms with Gasteiger partial charge in [-0.3, -0.25) is 14.4 Å². The quantitative estimate of drug-likeness (QED) is 0.755. The van der Waals surface area contributed by atoms with Gasteiger partial charge in [0.25, 0.3) is 11.8 Å². The van der Waals surface area contributed by atoms with Crippen molar-refractivity contribution in [3.8, 4) is 6.07 Å². The van der Waals surface area contributed by atoms with Crippen LogP contribution in [0.15, 0.2) is 42.5 Å². The summed E-state index contributed by atoms with van der Waals surface area (Å²) in [5, 5.41) is 12.5. The van der Waals surface area contributed by atoms with Crippen LogP contribution in [0.2, 0.25) is 5.02 Å². The molecule has 1 aliphatic carbocycles. The summed E-state index contributed by atoms with van der Waals surface area (Å²) < 4.78 is 0. The number of benzene rings is 2. The van der Waals surface area contributed by atoms with Gasteiger partial charge in [0.15, 0.2) is 0 Å². The molecule has 0 spiro atoms. The fourth-order valence-corrected chi connectivity index (χ4v) is 4.23. The van der Waals surface area contributed by atoms with Crippen LogP contribution in [0.5, 0.6) is 0 Å². The smallest absolute Gasteiger partial charge is 0.266 e. The zero-order valence-electron chi connectivity index (χ0n) is 15.6. The maximum absolute atomic E-state index is 12.7. The Hall–Kier alpha value is -3.17. The van der Waals surface area contributed by atoms with Crippen LogP contribution in [-0.2, 0) is 4.79 Å². The van der Waals surface area contributed by atoms with Gasteiger partial charge in [0.05, 0.1) is 27.9 Å². The molecule has 0 unspecified atom stereocenters. The number of amides is 3. The minimum absolute atomic E-state index is 0.159. The van der Waals surface area contributed by atoms with Gasteiger partial charge in [-0.2, -0.15) is 5.26 Å². The molecule has 1 N–H and O–H groups in total. The molecule has 1 fully saturated rings. The molecular formula is C22H18ClN3O3. The van der Waals surface area contributed by atoms with E-state index < -0.39 is 17.2 Å². The van der Waals surface area contributed by atoms with Crippen LogP contribution in [0.25, 0.3) is 0 Å². The summed E-state index contributed by atoms with van der Waals surface area (Å²) in [6.45, 7) is 0. The number of anilines is 2. The van der Waals surface area contributed by atoms with Gasteiger partial charge in [0, 0.05) is 5.69 Å². The Labute approximate surface area is 173 Å². The van der Waals surface area contributed by atoms with Gasteiger partial charge in [0.2, 0.25) is 5.91 Å². The minimum Gasteiger partial charge on any atom is -0.325 e. The summed E-state index contributed by atoms with van der Waals surface area (Å²) in [5.74, 6) is -1.21. The highest BCUT2D eigenvalue weighted by Crippen LogP contribution is 2.38. The summed E-state index contributed by atoms with van der Waals surface area (Å²) in [6.07, 6.45) is 3.80. The summed E-state index contributed by atoms with van der Waals surface area (Å²) in [7, 11) is 0. The van der Waals surface area contributed by atoms with Crippen LogP contribution in [-0.4, -0.2) is 17.7 Å². The molecule has 1 saturated carbocycles. The Kier molecular flexibility index (Phi) is 4.85. The van der Waals surface area contributed by atoms with E-state index >= 15 is 0 Å². The van der Waals surface area contributed by atoms with E-state index in [1.54, 1.807) is 30.3 Å². The first-order valence-electron chi connectivity index (χ1n) is 9.47. The van der Waals surface area contributed by atoms with E-state index in [-0.39, 0.29) is 16.6 Å². The summed E-state index contributed by atoms with van der Waals surface area (Å²) in [5.41, 5.74) is 0.314. The van der Waals surface area contributed by atoms with E-state index in [0.29, 0.717) is 29.7 Å². The first kappa shape index (κ1) is 19.2. The Morgan fingerprint density at radius 2 is 1.66 bits per heavy atom. The zero-order chi connectivity index (χ0) is 20.6. The lowest BCUT2D eigenvalue weighted by Gasteiger charge is -2.29. The van der Waals surface area contributed by atoms with Crippen LogP contribution in [0.3, 0.4) is 0 Å². The SMILES string of the molecule is N#CC1(C(=O)Nc2ccc(N3C(=O)c4ccccc4C3=O)c(Cl)c2)CCCCC1. The highest BCUT2D eigenvalue weighted by molar-refractivity contribution is 6.40. The number of nitriles is 1. The number of carbonyl (C=O) groups excluding carboxylic acids is 3. The first-order valence-corrected chi connectivity index (χ1v) is 9.85. The third-order valence-electron chi connectivity index (χ3n) is 5.60. The van der Waals surface area contributed by atoms with Gasteiger partial charge in [-0.15, -0.1) is 0 Å². The number of nitrogens with zero attached hydrogens (tertiary/aromatic N) is 2. The molecule has 6 nitrogen and oxygen atoms in total. The van der Waals surface area contributed by atoms with E-state index in [1.807, 2.05) is 0 Å². The van der Waals surface area contributed by atoms with Gasteiger partial charge in [0.1, 0.15) is 5.41 Å². The zero-order valence-corrected chi connectivity index (χ0v) is 16.3. The molecule has 3 amide bonds. The van der Waals surface area contributed by atoms with Gasteiger partial charge < -0.3 is 5.32 Å². The summed E-state index contributed by atoms with van der Waals surface area (Å²) in [4.78, 5) is 39.1. The number of imide groups is 1. The van der Waals surface area contributed by atoms with Crippen LogP contribution in [0, 0.1) is 16.7 Å². The molecule has 7 heteroatoms. The van der Waals surface area contributed by atoms with Gasteiger partial charge in [-0.1, -0.05) is 43.0 Å². The number of fused-ring (bicyclic) bond motifs is 1. The Bertz CT molecular complexity index is 1030. The minimum atomic E-state index is -1.02. The molecule has 2 aromatic carbocycles. The molecule has 1 heterocycles. The van der Waals surface area contributed by atoms with Crippen molar-refractivity contribution in [1.82, 2.24) is 0 Å². The highest BCUT2D eigenvalue weighted by atomic mass is 35.5. The standard InChI is InChI=1S/C22H18ClN3O3/c23-17-12-14(25-21(29)22(13-24)10-4-1-5-11-22)8-9-18(17)26-19(27)15-6-2-3-7-16(15)20(26)28/h2-3,6-9,12H,1,4-5,10-11H2,(H,25,29). The maximum Gasteiger partial charge on any atom is 0.266 e. The summed E-state index contributed by atoms with van der Waals surface area (Å²) >= 11 is 6.36. The van der Waals surface area contributed by atoms with E-state index in [2.05, 4.69) is 11.4 Å². The van der Waals surface area contributed by atoms with Crippen molar-refractivity contribution in [3.63, 3.8) is 0 Å². The molecular weight excluding hydrogens is 390 g/mol. The molecule has 146 valence electrons. The number of nitrogens with one attached hydrogen (secondary N) is 1. The van der Waals surface area contributed by atoms with Crippen LogP contribution < -0.4 is 10.2 Å². The third kappa shape index (κ3) is 3.18. The van der Waals surface area contributed by atoms with Crippen LogP contribution in [0.4, 0.5) is 11.4 Å². The van der Waals surface area contributed by atoms with E-state index in [9.17, 15) is 19.6 Å². The van der Waals surface area contributed by atoms with Crippen LogP contribution in [0.1, 0.15) is 52.8 Å². The molecule has 0 aromatic heterocycles. The molecule has 2 aromatic rings. The monoisotopic (exact) mass is 407 g/mol. The third-order valence-corrected chi connectivity index (χ3v) is 5.90. The highest BCUT2D eigenvalue weighted by Gasteiger charge is 2.40. The molecule has 0 bridgehead atoms. The Balaban J connectivity index is 1.58. The van der Waals surface area contributed by atoms with Crippen molar-refractivity contribution in [2.45, 2.75) is 32.1 Å². The van der Waals surface area contributed by atoms with Gasteiger partial charge >= 0.3 is 0 Å². The van der Waals surface area contributed by atoms with Gasteiger partial charge in [-0.25, -0.2) is 4.90 Å². The topological polar surface area (TPSA) is 90.3 Å². The van der Waals surface area contributed by atoms with Gasteiger partial charge in [-0.05, 0) is 43.2 Å².